The van der Waals surface area contributed by atoms with Crippen LogP contribution in [0.2, 0.25) is 0 Å². The van der Waals surface area contributed by atoms with E-state index in [1.807, 2.05) is 12.1 Å². The third-order valence-corrected chi connectivity index (χ3v) is 4.73. The fourth-order valence-electron chi connectivity index (χ4n) is 2.57. The van der Waals surface area contributed by atoms with Crippen molar-refractivity contribution in [3.63, 3.8) is 0 Å². The summed E-state index contributed by atoms with van der Waals surface area (Å²) in [5.41, 5.74) is 0.757. The van der Waals surface area contributed by atoms with Crippen molar-refractivity contribution in [2.45, 2.75) is 6.04 Å². The number of ether oxygens (including phenoxy) is 2. The summed E-state index contributed by atoms with van der Waals surface area (Å²) in [6, 6.07) is 3.79. The summed E-state index contributed by atoms with van der Waals surface area (Å²) >= 11 is 3.45. The van der Waals surface area contributed by atoms with E-state index in [0.717, 1.165) is 29.7 Å². The van der Waals surface area contributed by atoms with Gasteiger partial charge in [0.25, 0.3) is 5.89 Å². The molecule has 8 heteroatoms. The molecule has 0 aliphatic carbocycles. The Morgan fingerprint density at radius 3 is 2.61 bits per heavy atom. The molecule has 1 aliphatic rings. The van der Waals surface area contributed by atoms with Gasteiger partial charge in [-0.3, -0.25) is 4.90 Å². The summed E-state index contributed by atoms with van der Waals surface area (Å²) in [6.07, 6.45) is 0. The molecule has 0 saturated carbocycles. The van der Waals surface area contributed by atoms with Crippen LogP contribution in [0.5, 0.6) is 11.5 Å². The number of benzene rings is 1. The quantitative estimate of drug-likeness (QED) is 0.867. The van der Waals surface area contributed by atoms with Crippen molar-refractivity contribution in [2.24, 2.45) is 0 Å². The molecule has 1 saturated heterocycles. The standard InChI is InChI=1S/C15H19BrN4O3/c1-20-5-4-17-8-10(20)14-18-15(23-19-14)9-6-11(21-2)13(16)12(7-9)22-3/h6-7,10,17H,4-5,8H2,1-3H3. The number of aromatic nitrogens is 2. The van der Waals surface area contributed by atoms with E-state index >= 15 is 0 Å². The van der Waals surface area contributed by atoms with Crippen LogP contribution in [0.15, 0.2) is 21.1 Å². The van der Waals surface area contributed by atoms with Crippen LogP contribution in [0, 0.1) is 0 Å². The minimum atomic E-state index is 0.112. The molecule has 2 aromatic rings. The maximum atomic E-state index is 5.45. The first-order valence-corrected chi connectivity index (χ1v) is 8.09. The number of nitrogens with one attached hydrogen (secondary N) is 1. The van der Waals surface area contributed by atoms with Gasteiger partial charge in [0, 0.05) is 25.2 Å². The summed E-state index contributed by atoms with van der Waals surface area (Å²) in [5, 5.41) is 7.49. The Kier molecular flexibility index (Phi) is 4.84. The zero-order valence-corrected chi connectivity index (χ0v) is 14.9. The van der Waals surface area contributed by atoms with Crippen LogP contribution in [-0.4, -0.2) is 55.9 Å². The van der Waals surface area contributed by atoms with Crippen molar-refractivity contribution in [2.75, 3.05) is 40.9 Å². The summed E-state index contributed by atoms with van der Waals surface area (Å²) in [5.74, 6) is 2.42. The molecule has 7 nitrogen and oxygen atoms in total. The molecule has 0 radical (unpaired) electrons. The van der Waals surface area contributed by atoms with E-state index in [1.54, 1.807) is 14.2 Å². The monoisotopic (exact) mass is 382 g/mol. The molecule has 0 bridgehead atoms. The molecule has 0 spiro atoms. The van der Waals surface area contributed by atoms with Crippen LogP contribution in [-0.2, 0) is 0 Å². The summed E-state index contributed by atoms with van der Waals surface area (Å²) < 4.78 is 16.9. The topological polar surface area (TPSA) is 72.7 Å². The minimum Gasteiger partial charge on any atom is -0.495 e. The van der Waals surface area contributed by atoms with Crippen molar-refractivity contribution >= 4 is 15.9 Å². The third kappa shape index (κ3) is 3.19. The van der Waals surface area contributed by atoms with E-state index in [2.05, 4.69) is 43.3 Å². The second-order valence-corrected chi connectivity index (χ2v) is 6.15. The zero-order chi connectivity index (χ0) is 16.4. The molecule has 1 aliphatic heterocycles. The SMILES string of the molecule is COc1cc(-c2nc(C3CNCCN3C)no2)cc(OC)c1Br. The highest BCUT2D eigenvalue weighted by Crippen LogP contribution is 2.38. The minimum absolute atomic E-state index is 0.112. The first kappa shape index (κ1) is 16.2. The number of hydrogen-bond donors (Lipinski definition) is 1. The largest absolute Gasteiger partial charge is 0.495 e. The van der Waals surface area contributed by atoms with Crippen molar-refractivity contribution in [1.29, 1.82) is 0 Å². The number of halogens is 1. The Morgan fingerprint density at radius 2 is 2.00 bits per heavy atom. The lowest BCUT2D eigenvalue weighted by Gasteiger charge is -2.30. The van der Waals surface area contributed by atoms with E-state index in [0.29, 0.717) is 23.2 Å². The van der Waals surface area contributed by atoms with Crippen LogP contribution in [0.3, 0.4) is 0 Å². The summed E-state index contributed by atoms with van der Waals surface area (Å²) in [6.45, 7) is 2.73. The molecule has 1 atom stereocenters. The number of hydrogen-bond acceptors (Lipinski definition) is 7. The molecule has 23 heavy (non-hydrogen) atoms. The molecule has 1 aromatic heterocycles. The predicted octanol–water partition coefficient (Wildman–Crippen LogP) is 2.09. The van der Waals surface area contributed by atoms with Gasteiger partial charge in [-0.15, -0.1) is 0 Å². The fourth-order valence-corrected chi connectivity index (χ4v) is 3.13. The first-order valence-electron chi connectivity index (χ1n) is 7.30. The molecule has 1 aromatic carbocycles. The number of rotatable bonds is 4. The maximum Gasteiger partial charge on any atom is 0.258 e. The molecule has 1 N–H and O–H groups in total. The molecule has 2 heterocycles. The van der Waals surface area contributed by atoms with Gasteiger partial charge < -0.3 is 19.3 Å². The van der Waals surface area contributed by atoms with Gasteiger partial charge in [-0.1, -0.05) is 5.16 Å². The lowest BCUT2D eigenvalue weighted by Crippen LogP contribution is -2.44. The second kappa shape index (κ2) is 6.86. The van der Waals surface area contributed by atoms with Gasteiger partial charge in [0.05, 0.1) is 20.3 Å². The fraction of sp³-hybridized carbons (Fsp3) is 0.467. The molecule has 124 valence electrons. The normalized spacial score (nSPS) is 18.9. The van der Waals surface area contributed by atoms with E-state index < -0.39 is 0 Å². The van der Waals surface area contributed by atoms with Crippen LogP contribution in [0.1, 0.15) is 11.9 Å². The first-order chi connectivity index (χ1) is 11.1. The Labute approximate surface area is 143 Å². The van der Waals surface area contributed by atoms with E-state index in [-0.39, 0.29) is 6.04 Å². The van der Waals surface area contributed by atoms with Crippen LogP contribution >= 0.6 is 15.9 Å². The third-order valence-electron chi connectivity index (χ3n) is 3.94. The Balaban J connectivity index is 1.94. The van der Waals surface area contributed by atoms with Gasteiger partial charge in [0.15, 0.2) is 5.82 Å². The van der Waals surface area contributed by atoms with Crippen molar-refractivity contribution in [3.8, 4) is 23.0 Å². The van der Waals surface area contributed by atoms with E-state index in [1.165, 1.54) is 0 Å². The average molecular weight is 383 g/mol. The number of nitrogens with zero attached hydrogens (tertiary/aromatic N) is 3. The van der Waals surface area contributed by atoms with Gasteiger partial charge in [0.1, 0.15) is 16.0 Å². The van der Waals surface area contributed by atoms with Crippen molar-refractivity contribution in [1.82, 2.24) is 20.4 Å². The second-order valence-electron chi connectivity index (χ2n) is 5.35. The van der Waals surface area contributed by atoms with Crippen LogP contribution in [0.25, 0.3) is 11.5 Å². The molecular formula is C15H19BrN4O3. The summed E-state index contributed by atoms with van der Waals surface area (Å²) in [7, 11) is 5.27. The molecule has 3 rings (SSSR count). The predicted molar refractivity (Wildman–Crippen MR) is 88.8 cm³/mol. The van der Waals surface area contributed by atoms with Crippen LogP contribution < -0.4 is 14.8 Å². The molecular weight excluding hydrogens is 364 g/mol. The van der Waals surface area contributed by atoms with Gasteiger partial charge in [-0.2, -0.15) is 4.98 Å². The van der Waals surface area contributed by atoms with Crippen molar-refractivity contribution < 1.29 is 14.0 Å². The molecule has 1 unspecified atom stereocenters. The van der Waals surface area contributed by atoms with Crippen LogP contribution in [0.4, 0.5) is 0 Å². The Morgan fingerprint density at radius 1 is 1.30 bits per heavy atom. The van der Waals surface area contributed by atoms with Crippen molar-refractivity contribution in [3.05, 3.63) is 22.4 Å². The Bertz CT molecular complexity index is 666. The number of likely N-dealkylation sites (N-methyl/N-ethyl adjacent to an activating group) is 1. The smallest absolute Gasteiger partial charge is 0.258 e. The zero-order valence-electron chi connectivity index (χ0n) is 13.3. The van der Waals surface area contributed by atoms with E-state index in [9.17, 15) is 0 Å². The number of piperazine rings is 1. The van der Waals surface area contributed by atoms with Gasteiger partial charge in [0.2, 0.25) is 0 Å². The highest BCUT2D eigenvalue weighted by molar-refractivity contribution is 9.10. The van der Waals surface area contributed by atoms with E-state index in [4.69, 9.17) is 14.0 Å². The van der Waals surface area contributed by atoms with Gasteiger partial charge in [-0.25, -0.2) is 0 Å². The Hall–Kier alpha value is -1.64. The lowest BCUT2D eigenvalue weighted by atomic mass is 10.2. The molecule has 1 fully saturated rings. The average Bonchev–Trinajstić information content (AvgIpc) is 3.05. The van der Waals surface area contributed by atoms with Gasteiger partial charge in [-0.05, 0) is 35.1 Å². The highest BCUT2D eigenvalue weighted by atomic mass is 79.9. The lowest BCUT2D eigenvalue weighted by molar-refractivity contribution is 0.190. The van der Waals surface area contributed by atoms with Gasteiger partial charge >= 0.3 is 0 Å². The summed E-state index contributed by atoms with van der Waals surface area (Å²) in [4.78, 5) is 6.77. The maximum absolute atomic E-state index is 5.45. The highest BCUT2D eigenvalue weighted by Gasteiger charge is 2.26. The number of methoxy groups -OCH3 is 2. The molecule has 0 amide bonds.